The smallest absolute Gasteiger partial charge is 0.233 e. The molecule has 1 aliphatic rings. The van der Waals surface area contributed by atoms with Gasteiger partial charge in [0.15, 0.2) is 0 Å². The van der Waals surface area contributed by atoms with Crippen molar-refractivity contribution in [2.24, 2.45) is 0 Å². The van der Waals surface area contributed by atoms with E-state index in [1.807, 2.05) is 12.1 Å². The van der Waals surface area contributed by atoms with Gasteiger partial charge in [0.05, 0.1) is 11.2 Å². The van der Waals surface area contributed by atoms with Crippen molar-refractivity contribution in [2.45, 2.75) is 38.0 Å². The lowest BCUT2D eigenvalue weighted by atomic mass is 9.96. The summed E-state index contributed by atoms with van der Waals surface area (Å²) in [5.74, 6) is 0.413. The molecule has 6 heteroatoms. The number of halogens is 1. The minimum absolute atomic E-state index is 0.111. The van der Waals surface area contributed by atoms with E-state index in [1.54, 1.807) is 30.5 Å². The van der Waals surface area contributed by atoms with Crippen molar-refractivity contribution in [3.8, 4) is 22.9 Å². The number of ether oxygens (including phenoxy) is 1. The van der Waals surface area contributed by atoms with E-state index in [-0.39, 0.29) is 5.75 Å². The van der Waals surface area contributed by atoms with Crippen LogP contribution in [0.1, 0.15) is 25.7 Å². The third-order valence-electron chi connectivity index (χ3n) is 4.53. The van der Waals surface area contributed by atoms with Gasteiger partial charge >= 0.3 is 0 Å². The molecular formula is C19H18FN3O2. The van der Waals surface area contributed by atoms with Gasteiger partial charge in [-0.05, 0) is 43.5 Å². The van der Waals surface area contributed by atoms with Crippen molar-refractivity contribution < 1.29 is 14.2 Å². The summed E-state index contributed by atoms with van der Waals surface area (Å²) >= 11 is 0. The molecule has 2 heterocycles. The lowest BCUT2D eigenvalue weighted by Gasteiger charge is -2.25. The number of hydrogen-bond acceptors (Lipinski definition) is 5. The molecule has 0 saturated heterocycles. The van der Waals surface area contributed by atoms with Crippen LogP contribution >= 0.6 is 0 Å². The number of phenols is 1. The maximum Gasteiger partial charge on any atom is 0.233 e. The van der Waals surface area contributed by atoms with Crippen molar-refractivity contribution in [3.63, 3.8) is 0 Å². The summed E-state index contributed by atoms with van der Waals surface area (Å²) in [6.45, 7) is 0. The molecule has 0 spiro atoms. The number of rotatable bonds is 3. The van der Waals surface area contributed by atoms with Gasteiger partial charge in [-0.2, -0.15) is 0 Å². The Morgan fingerprint density at radius 2 is 1.96 bits per heavy atom. The molecule has 3 aromatic rings. The molecule has 1 aromatic carbocycles. The van der Waals surface area contributed by atoms with E-state index in [9.17, 15) is 9.50 Å². The van der Waals surface area contributed by atoms with Crippen LogP contribution in [0.2, 0.25) is 0 Å². The highest BCUT2D eigenvalue weighted by molar-refractivity contribution is 5.86. The van der Waals surface area contributed by atoms with E-state index in [0.29, 0.717) is 30.0 Å². The first-order valence-electron chi connectivity index (χ1n) is 8.43. The molecular weight excluding hydrogens is 321 g/mol. The van der Waals surface area contributed by atoms with Gasteiger partial charge in [-0.3, -0.25) is 4.98 Å². The van der Waals surface area contributed by atoms with E-state index >= 15 is 0 Å². The SMILES string of the molecule is Oc1cc2cccnc2cc1-c1ccc(O[C@@H]2CCCC[C@@H]2F)nn1. The number of pyridine rings is 1. The summed E-state index contributed by atoms with van der Waals surface area (Å²) in [6, 6.07) is 10.5. The number of fused-ring (bicyclic) bond motifs is 1. The molecule has 5 nitrogen and oxygen atoms in total. The minimum atomic E-state index is -0.953. The van der Waals surface area contributed by atoms with Crippen molar-refractivity contribution >= 4 is 10.9 Å². The van der Waals surface area contributed by atoms with Crippen LogP contribution in [0.5, 0.6) is 11.6 Å². The third-order valence-corrected chi connectivity index (χ3v) is 4.53. The van der Waals surface area contributed by atoms with E-state index in [1.165, 1.54) is 0 Å². The zero-order valence-electron chi connectivity index (χ0n) is 13.6. The molecule has 2 aromatic heterocycles. The van der Waals surface area contributed by atoms with Crippen molar-refractivity contribution in [1.29, 1.82) is 0 Å². The summed E-state index contributed by atoms with van der Waals surface area (Å²) in [7, 11) is 0. The van der Waals surface area contributed by atoms with Crippen LogP contribution in [-0.4, -0.2) is 32.6 Å². The van der Waals surface area contributed by atoms with E-state index in [2.05, 4.69) is 15.2 Å². The Balaban J connectivity index is 1.58. The first-order chi connectivity index (χ1) is 12.2. The molecule has 1 N–H and O–H groups in total. The van der Waals surface area contributed by atoms with E-state index < -0.39 is 12.3 Å². The summed E-state index contributed by atoms with van der Waals surface area (Å²) in [6.07, 6.45) is 3.40. The van der Waals surface area contributed by atoms with Crippen molar-refractivity contribution in [1.82, 2.24) is 15.2 Å². The molecule has 0 radical (unpaired) electrons. The first kappa shape index (κ1) is 15.7. The maximum atomic E-state index is 13.9. The van der Waals surface area contributed by atoms with Crippen LogP contribution in [0, 0.1) is 0 Å². The van der Waals surface area contributed by atoms with Gasteiger partial charge in [0, 0.05) is 23.2 Å². The van der Waals surface area contributed by atoms with Crippen molar-refractivity contribution in [2.75, 3.05) is 0 Å². The highest BCUT2D eigenvalue weighted by Gasteiger charge is 2.26. The second-order valence-corrected chi connectivity index (χ2v) is 6.28. The van der Waals surface area contributed by atoms with Gasteiger partial charge in [0.1, 0.15) is 18.0 Å². The Kier molecular flexibility index (Phi) is 4.17. The molecule has 0 unspecified atom stereocenters. The van der Waals surface area contributed by atoms with Crippen LogP contribution in [0.25, 0.3) is 22.2 Å². The predicted molar refractivity (Wildman–Crippen MR) is 92.2 cm³/mol. The predicted octanol–water partition coefficient (Wildman–Crippen LogP) is 4.06. The minimum Gasteiger partial charge on any atom is -0.507 e. The molecule has 0 bridgehead atoms. The summed E-state index contributed by atoms with van der Waals surface area (Å²) in [5.41, 5.74) is 1.82. The summed E-state index contributed by atoms with van der Waals surface area (Å²) in [4.78, 5) is 4.29. The number of benzene rings is 1. The van der Waals surface area contributed by atoms with Crippen LogP contribution in [-0.2, 0) is 0 Å². The monoisotopic (exact) mass is 339 g/mol. The third kappa shape index (κ3) is 3.24. The lowest BCUT2D eigenvalue weighted by Crippen LogP contribution is -2.32. The Bertz CT molecular complexity index is 885. The molecule has 1 fully saturated rings. The zero-order valence-corrected chi connectivity index (χ0v) is 13.6. The Morgan fingerprint density at radius 3 is 2.76 bits per heavy atom. The molecule has 1 aliphatic carbocycles. The normalized spacial score (nSPS) is 20.5. The largest absolute Gasteiger partial charge is 0.507 e. The summed E-state index contributed by atoms with van der Waals surface area (Å²) in [5, 5.41) is 19.3. The summed E-state index contributed by atoms with van der Waals surface area (Å²) < 4.78 is 19.5. The highest BCUT2D eigenvalue weighted by Crippen LogP contribution is 2.32. The van der Waals surface area contributed by atoms with E-state index in [0.717, 1.165) is 23.7 Å². The number of nitrogens with zero attached hydrogens (tertiary/aromatic N) is 3. The Labute approximate surface area is 144 Å². The van der Waals surface area contributed by atoms with Gasteiger partial charge in [-0.15, -0.1) is 10.2 Å². The second kappa shape index (κ2) is 6.63. The number of aromatic nitrogens is 3. The fourth-order valence-corrected chi connectivity index (χ4v) is 3.18. The molecule has 2 atom stereocenters. The van der Waals surface area contributed by atoms with E-state index in [4.69, 9.17) is 4.74 Å². The van der Waals surface area contributed by atoms with Gasteiger partial charge in [-0.1, -0.05) is 12.5 Å². The molecule has 1 saturated carbocycles. The number of aromatic hydroxyl groups is 1. The molecule has 4 rings (SSSR count). The average molecular weight is 339 g/mol. The van der Waals surface area contributed by atoms with Gasteiger partial charge in [0.2, 0.25) is 5.88 Å². The van der Waals surface area contributed by atoms with Crippen molar-refractivity contribution in [3.05, 3.63) is 42.6 Å². The average Bonchev–Trinajstić information content (AvgIpc) is 2.64. The number of alkyl halides is 1. The van der Waals surface area contributed by atoms with Crippen LogP contribution in [0.15, 0.2) is 42.6 Å². The quantitative estimate of drug-likeness (QED) is 0.779. The van der Waals surface area contributed by atoms with Crippen LogP contribution in [0.3, 0.4) is 0 Å². The molecule has 0 aliphatic heterocycles. The molecule has 0 amide bonds. The van der Waals surface area contributed by atoms with Gasteiger partial charge in [-0.25, -0.2) is 4.39 Å². The molecule has 25 heavy (non-hydrogen) atoms. The lowest BCUT2D eigenvalue weighted by molar-refractivity contribution is 0.0594. The fraction of sp³-hybridized carbons (Fsp3) is 0.316. The zero-order chi connectivity index (χ0) is 17.2. The van der Waals surface area contributed by atoms with Gasteiger partial charge in [0.25, 0.3) is 0 Å². The molecule has 128 valence electrons. The van der Waals surface area contributed by atoms with Crippen LogP contribution in [0.4, 0.5) is 4.39 Å². The Morgan fingerprint density at radius 1 is 1.08 bits per heavy atom. The standard InChI is InChI=1S/C19H18FN3O2/c20-14-5-1-2-6-18(14)25-19-8-7-15(22-23-19)13-11-16-12(10-17(13)24)4-3-9-21-16/h3-4,7-11,14,18,24H,1-2,5-6H2/t14-,18+/m0/s1. The maximum absolute atomic E-state index is 13.9. The van der Waals surface area contributed by atoms with Crippen LogP contribution < -0.4 is 4.74 Å². The topological polar surface area (TPSA) is 68.1 Å². The first-order valence-corrected chi connectivity index (χ1v) is 8.43. The number of phenolic OH excluding ortho intramolecular Hbond substituents is 1. The number of hydrogen-bond donors (Lipinski definition) is 1. The Hall–Kier alpha value is -2.76. The fourth-order valence-electron chi connectivity index (χ4n) is 3.18. The highest BCUT2D eigenvalue weighted by atomic mass is 19.1. The second-order valence-electron chi connectivity index (χ2n) is 6.28. The van der Waals surface area contributed by atoms with Gasteiger partial charge < -0.3 is 9.84 Å².